The van der Waals surface area contributed by atoms with Crippen molar-refractivity contribution < 1.29 is 4.74 Å². The first-order valence-corrected chi connectivity index (χ1v) is 7.43. The maximum atomic E-state index is 5.85. The lowest BCUT2D eigenvalue weighted by molar-refractivity contribution is 0.342. The molecule has 3 N–H and O–H groups in total. The summed E-state index contributed by atoms with van der Waals surface area (Å²) in [4.78, 5) is 0. The van der Waals surface area contributed by atoms with Crippen molar-refractivity contribution in [2.75, 3.05) is 17.7 Å². The molecule has 0 spiro atoms. The first-order valence-electron chi connectivity index (χ1n) is 5.84. The molecule has 3 nitrogen and oxygen atoms in total. The van der Waals surface area contributed by atoms with E-state index in [9.17, 15) is 0 Å². The van der Waals surface area contributed by atoms with Crippen LogP contribution in [0, 0.1) is 0 Å². The predicted molar refractivity (Wildman–Crippen MR) is 87.1 cm³/mol. The van der Waals surface area contributed by atoms with Crippen molar-refractivity contribution in [1.82, 2.24) is 0 Å². The molecule has 0 fully saturated rings. The van der Waals surface area contributed by atoms with Gasteiger partial charge in [-0.2, -0.15) is 0 Å². The average Bonchev–Trinajstić information content (AvgIpc) is 2.37. The Bertz CT molecular complexity index is 588. The Morgan fingerprint density at radius 3 is 2.63 bits per heavy atom. The van der Waals surface area contributed by atoms with Gasteiger partial charge in [0.1, 0.15) is 5.75 Å². The molecule has 2 aromatic carbocycles. The second-order valence-electron chi connectivity index (χ2n) is 3.93. The highest BCUT2D eigenvalue weighted by Gasteiger charge is 2.04. The van der Waals surface area contributed by atoms with E-state index in [0.29, 0.717) is 18.0 Å². The van der Waals surface area contributed by atoms with Gasteiger partial charge in [0.25, 0.3) is 0 Å². The van der Waals surface area contributed by atoms with Gasteiger partial charge in [-0.05, 0) is 53.2 Å². The van der Waals surface area contributed by atoms with Crippen molar-refractivity contribution in [2.45, 2.75) is 6.92 Å². The van der Waals surface area contributed by atoms with Crippen LogP contribution in [-0.4, -0.2) is 6.61 Å². The monoisotopic (exact) mass is 384 g/mol. The minimum atomic E-state index is 0.593. The van der Waals surface area contributed by atoms with E-state index in [1.807, 2.05) is 43.3 Å². The van der Waals surface area contributed by atoms with Gasteiger partial charge in [0.2, 0.25) is 0 Å². The van der Waals surface area contributed by atoms with Gasteiger partial charge in [-0.3, -0.25) is 0 Å². The van der Waals surface area contributed by atoms with Crippen LogP contribution in [0.4, 0.5) is 17.1 Å². The first kappa shape index (κ1) is 14.2. The van der Waals surface area contributed by atoms with E-state index in [1.165, 1.54) is 0 Å². The third-order valence-corrected chi connectivity index (χ3v) is 3.67. The molecule has 2 rings (SSSR count). The summed E-state index contributed by atoms with van der Waals surface area (Å²) in [5.74, 6) is 0.695. The molecule has 5 heteroatoms. The van der Waals surface area contributed by atoms with Crippen molar-refractivity contribution in [1.29, 1.82) is 0 Å². The van der Waals surface area contributed by atoms with Crippen LogP contribution in [0.25, 0.3) is 0 Å². The van der Waals surface area contributed by atoms with E-state index in [1.54, 1.807) is 0 Å². The van der Waals surface area contributed by atoms with Crippen LogP contribution in [0.5, 0.6) is 5.75 Å². The molecule has 0 saturated carbocycles. The number of halogens is 2. The molecule has 19 heavy (non-hydrogen) atoms. The standard InChI is InChI=1S/C14H14Br2N2O/c1-2-19-14-8-10(4-5-12(14)17)18-13-6-3-9(15)7-11(13)16/h3-8,18H,2,17H2,1H3. The van der Waals surface area contributed by atoms with Crippen molar-refractivity contribution in [3.8, 4) is 5.75 Å². The fourth-order valence-corrected chi connectivity index (χ4v) is 2.79. The third kappa shape index (κ3) is 3.64. The van der Waals surface area contributed by atoms with Crippen LogP contribution in [0.2, 0.25) is 0 Å². The highest BCUT2D eigenvalue weighted by Crippen LogP contribution is 2.31. The Morgan fingerprint density at radius 2 is 1.95 bits per heavy atom. The first-order chi connectivity index (χ1) is 9.10. The summed E-state index contributed by atoms with van der Waals surface area (Å²) in [6, 6.07) is 11.6. The van der Waals surface area contributed by atoms with Crippen molar-refractivity contribution in [2.24, 2.45) is 0 Å². The van der Waals surface area contributed by atoms with Gasteiger partial charge >= 0.3 is 0 Å². The summed E-state index contributed by atoms with van der Waals surface area (Å²) in [5, 5.41) is 3.32. The Kier molecular flexibility index (Phi) is 4.71. The Labute approximate surface area is 129 Å². The summed E-state index contributed by atoms with van der Waals surface area (Å²) >= 11 is 6.95. The lowest BCUT2D eigenvalue weighted by Crippen LogP contribution is -1.98. The second-order valence-corrected chi connectivity index (χ2v) is 5.70. The quantitative estimate of drug-likeness (QED) is 0.733. The molecule has 0 atom stereocenters. The highest BCUT2D eigenvalue weighted by atomic mass is 79.9. The van der Waals surface area contributed by atoms with Gasteiger partial charge in [-0.15, -0.1) is 0 Å². The molecule has 0 saturated heterocycles. The fourth-order valence-electron chi connectivity index (χ4n) is 1.64. The predicted octanol–water partition coefficient (Wildman–Crippen LogP) is 4.94. The minimum absolute atomic E-state index is 0.593. The third-order valence-electron chi connectivity index (χ3n) is 2.52. The largest absolute Gasteiger partial charge is 0.492 e. The number of benzene rings is 2. The van der Waals surface area contributed by atoms with Crippen LogP contribution < -0.4 is 15.8 Å². The highest BCUT2D eigenvalue weighted by molar-refractivity contribution is 9.11. The number of nitrogen functional groups attached to an aromatic ring is 1. The van der Waals surface area contributed by atoms with Gasteiger partial charge < -0.3 is 15.8 Å². The van der Waals surface area contributed by atoms with Gasteiger partial charge in [0.15, 0.2) is 0 Å². The van der Waals surface area contributed by atoms with E-state index < -0.39 is 0 Å². The van der Waals surface area contributed by atoms with Crippen LogP contribution in [0.1, 0.15) is 6.92 Å². The topological polar surface area (TPSA) is 47.3 Å². The molecule has 0 aliphatic heterocycles. The number of anilines is 3. The molecule has 0 aliphatic carbocycles. The second kappa shape index (κ2) is 6.30. The molecule has 0 aliphatic rings. The number of hydrogen-bond donors (Lipinski definition) is 2. The van der Waals surface area contributed by atoms with E-state index in [4.69, 9.17) is 10.5 Å². The number of hydrogen-bond acceptors (Lipinski definition) is 3. The van der Waals surface area contributed by atoms with Gasteiger partial charge in [-0.1, -0.05) is 15.9 Å². The van der Waals surface area contributed by atoms with E-state index >= 15 is 0 Å². The summed E-state index contributed by atoms with van der Waals surface area (Å²) in [7, 11) is 0. The number of nitrogens with two attached hydrogens (primary N) is 1. The molecule has 0 heterocycles. The summed E-state index contributed by atoms with van der Waals surface area (Å²) in [6.45, 7) is 2.53. The Balaban J connectivity index is 2.25. The molecule has 0 unspecified atom stereocenters. The smallest absolute Gasteiger partial charge is 0.144 e. The fraction of sp³-hybridized carbons (Fsp3) is 0.143. The molecule has 0 bridgehead atoms. The van der Waals surface area contributed by atoms with Crippen molar-refractivity contribution >= 4 is 48.9 Å². The summed E-state index contributed by atoms with van der Waals surface area (Å²) < 4.78 is 7.49. The van der Waals surface area contributed by atoms with Crippen LogP contribution in [-0.2, 0) is 0 Å². The summed E-state index contributed by atoms with van der Waals surface area (Å²) in [6.07, 6.45) is 0. The van der Waals surface area contributed by atoms with Crippen molar-refractivity contribution in [3.63, 3.8) is 0 Å². The normalized spacial score (nSPS) is 10.3. The zero-order valence-electron chi connectivity index (χ0n) is 10.4. The Morgan fingerprint density at radius 1 is 1.16 bits per heavy atom. The van der Waals surface area contributed by atoms with E-state index in [-0.39, 0.29) is 0 Å². The van der Waals surface area contributed by atoms with Crippen LogP contribution in [0.3, 0.4) is 0 Å². The summed E-state index contributed by atoms with van der Waals surface area (Å²) in [5.41, 5.74) is 8.40. The lowest BCUT2D eigenvalue weighted by Gasteiger charge is -2.12. The molecular weight excluding hydrogens is 372 g/mol. The molecule has 100 valence electrons. The van der Waals surface area contributed by atoms with Crippen molar-refractivity contribution in [3.05, 3.63) is 45.3 Å². The van der Waals surface area contributed by atoms with Gasteiger partial charge in [0.05, 0.1) is 18.0 Å². The number of rotatable bonds is 4. The maximum absolute atomic E-state index is 5.85. The molecule has 2 aromatic rings. The van der Waals surface area contributed by atoms with E-state index in [2.05, 4.69) is 37.2 Å². The Hall–Kier alpha value is -1.20. The zero-order chi connectivity index (χ0) is 13.8. The number of ether oxygens (including phenoxy) is 1. The van der Waals surface area contributed by atoms with Crippen LogP contribution >= 0.6 is 31.9 Å². The minimum Gasteiger partial charge on any atom is -0.492 e. The average molecular weight is 386 g/mol. The maximum Gasteiger partial charge on any atom is 0.144 e. The van der Waals surface area contributed by atoms with Crippen LogP contribution in [0.15, 0.2) is 45.3 Å². The van der Waals surface area contributed by atoms with E-state index in [0.717, 1.165) is 20.3 Å². The molecular formula is C14H14Br2N2O. The number of nitrogens with one attached hydrogen (secondary N) is 1. The van der Waals surface area contributed by atoms with Gasteiger partial charge in [0, 0.05) is 20.7 Å². The molecule has 0 aromatic heterocycles. The SMILES string of the molecule is CCOc1cc(Nc2ccc(Br)cc2Br)ccc1N. The zero-order valence-corrected chi connectivity index (χ0v) is 13.6. The molecule has 0 radical (unpaired) electrons. The lowest BCUT2D eigenvalue weighted by atomic mass is 10.2. The molecule has 0 amide bonds. The van der Waals surface area contributed by atoms with Gasteiger partial charge in [-0.25, -0.2) is 0 Å².